The number of phenols is 1. The van der Waals surface area contributed by atoms with Crippen LogP contribution in [0.15, 0.2) is 42.5 Å². The van der Waals surface area contributed by atoms with Crippen molar-refractivity contribution >= 4 is 0 Å². The molecule has 0 aliphatic carbocycles. The molecule has 0 spiro atoms. The molecule has 106 valence electrons. The summed E-state index contributed by atoms with van der Waals surface area (Å²) in [5, 5.41) is 13.0. The highest BCUT2D eigenvalue weighted by Crippen LogP contribution is 2.22. The third-order valence-electron chi connectivity index (χ3n) is 3.11. The average Bonchev–Trinajstić information content (AvgIpc) is 2.47. The third-order valence-corrected chi connectivity index (χ3v) is 3.11. The Labute approximate surface area is 118 Å². The molecule has 0 aliphatic heterocycles. The molecule has 0 unspecified atom stereocenters. The number of halogens is 1. The summed E-state index contributed by atoms with van der Waals surface area (Å²) in [5.74, 6) is 0.751. The molecular formula is C16H18FNO2. The minimum Gasteiger partial charge on any atom is -0.508 e. The predicted octanol–water partition coefficient (Wildman–Crippen LogP) is 2.87. The van der Waals surface area contributed by atoms with Crippen molar-refractivity contribution < 1.29 is 14.2 Å². The van der Waals surface area contributed by atoms with Crippen LogP contribution < -0.4 is 10.1 Å². The van der Waals surface area contributed by atoms with Crippen molar-refractivity contribution in [2.24, 2.45) is 0 Å². The van der Waals surface area contributed by atoms with Crippen molar-refractivity contribution in [2.75, 3.05) is 13.7 Å². The van der Waals surface area contributed by atoms with E-state index >= 15 is 0 Å². The van der Waals surface area contributed by atoms with Crippen LogP contribution in [0.25, 0.3) is 0 Å². The van der Waals surface area contributed by atoms with E-state index < -0.39 is 0 Å². The Balaban J connectivity index is 1.82. The van der Waals surface area contributed by atoms with Gasteiger partial charge in [0.25, 0.3) is 0 Å². The Hall–Kier alpha value is -2.07. The summed E-state index contributed by atoms with van der Waals surface area (Å²) in [4.78, 5) is 0. The number of rotatable bonds is 6. The van der Waals surface area contributed by atoms with E-state index in [-0.39, 0.29) is 11.6 Å². The molecule has 4 heteroatoms. The summed E-state index contributed by atoms with van der Waals surface area (Å²) in [6.07, 6.45) is 0.811. The van der Waals surface area contributed by atoms with E-state index in [9.17, 15) is 9.50 Å². The topological polar surface area (TPSA) is 41.5 Å². The van der Waals surface area contributed by atoms with Crippen LogP contribution in [0, 0.1) is 5.82 Å². The summed E-state index contributed by atoms with van der Waals surface area (Å²) in [5.41, 5.74) is 1.87. The second-order valence-electron chi connectivity index (χ2n) is 4.55. The highest BCUT2D eigenvalue weighted by molar-refractivity contribution is 5.39. The Morgan fingerprint density at radius 1 is 1.15 bits per heavy atom. The van der Waals surface area contributed by atoms with E-state index in [1.807, 2.05) is 0 Å². The van der Waals surface area contributed by atoms with Crippen molar-refractivity contribution in [1.82, 2.24) is 5.32 Å². The van der Waals surface area contributed by atoms with Gasteiger partial charge in [-0.05, 0) is 48.9 Å². The number of methoxy groups -OCH3 is 1. The number of hydrogen-bond acceptors (Lipinski definition) is 3. The average molecular weight is 275 g/mol. The largest absolute Gasteiger partial charge is 0.508 e. The molecule has 0 aliphatic rings. The molecule has 0 heterocycles. The summed E-state index contributed by atoms with van der Waals surface area (Å²) in [6.45, 7) is 1.31. The number of ether oxygens (including phenoxy) is 1. The normalized spacial score (nSPS) is 10.5. The molecule has 0 amide bonds. The fourth-order valence-electron chi connectivity index (χ4n) is 1.94. The summed E-state index contributed by atoms with van der Waals surface area (Å²) in [7, 11) is 1.60. The van der Waals surface area contributed by atoms with Gasteiger partial charge in [-0.25, -0.2) is 4.39 Å². The lowest BCUT2D eigenvalue weighted by molar-refractivity contribution is 0.410. The van der Waals surface area contributed by atoms with Gasteiger partial charge < -0.3 is 15.2 Å². The van der Waals surface area contributed by atoms with E-state index in [1.54, 1.807) is 37.4 Å². The van der Waals surface area contributed by atoms with Crippen molar-refractivity contribution in [3.63, 3.8) is 0 Å². The number of nitrogens with one attached hydrogen (secondary N) is 1. The molecule has 2 aromatic carbocycles. The van der Waals surface area contributed by atoms with Gasteiger partial charge in [0, 0.05) is 12.1 Å². The molecule has 0 fully saturated rings. The van der Waals surface area contributed by atoms with Gasteiger partial charge in [0.1, 0.15) is 17.3 Å². The zero-order chi connectivity index (χ0) is 14.4. The van der Waals surface area contributed by atoms with Crippen LogP contribution in [0.3, 0.4) is 0 Å². The summed E-state index contributed by atoms with van der Waals surface area (Å²) in [6, 6.07) is 11.6. The van der Waals surface area contributed by atoms with Gasteiger partial charge in [0.15, 0.2) is 0 Å². The number of aromatic hydroxyl groups is 1. The van der Waals surface area contributed by atoms with Crippen molar-refractivity contribution in [1.29, 1.82) is 0 Å². The van der Waals surface area contributed by atoms with Gasteiger partial charge in [-0.3, -0.25) is 0 Å². The zero-order valence-corrected chi connectivity index (χ0v) is 11.4. The molecule has 20 heavy (non-hydrogen) atoms. The lowest BCUT2D eigenvalue weighted by Crippen LogP contribution is -2.16. The minimum atomic E-state index is -0.219. The van der Waals surface area contributed by atoms with Gasteiger partial charge in [0.2, 0.25) is 0 Å². The molecule has 0 saturated heterocycles. The molecule has 0 bridgehead atoms. The van der Waals surface area contributed by atoms with Gasteiger partial charge in [0.05, 0.1) is 7.11 Å². The minimum absolute atomic E-state index is 0.219. The molecule has 3 nitrogen and oxygen atoms in total. The first-order valence-electron chi connectivity index (χ1n) is 6.50. The Morgan fingerprint density at radius 3 is 2.60 bits per heavy atom. The molecule has 2 aromatic rings. The van der Waals surface area contributed by atoms with Crippen LogP contribution in [0.5, 0.6) is 11.5 Å². The fraction of sp³-hybridized carbons (Fsp3) is 0.250. The summed E-state index contributed by atoms with van der Waals surface area (Å²) >= 11 is 0. The fourth-order valence-corrected chi connectivity index (χ4v) is 1.94. The first-order chi connectivity index (χ1) is 9.69. The first-order valence-corrected chi connectivity index (χ1v) is 6.50. The van der Waals surface area contributed by atoms with E-state index in [1.165, 1.54) is 12.1 Å². The predicted molar refractivity (Wildman–Crippen MR) is 76.5 cm³/mol. The maximum Gasteiger partial charge on any atom is 0.123 e. The molecule has 2 rings (SSSR count). The van der Waals surface area contributed by atoms with Gasteiger partial charge in [-0.15, -0.1) is 0 Å². The van der Waals surface area contributed by atoms with Crippen molar-refractivity contribution in [3.05, 3.63) is 59.4 Å². The van der Waals surface area contributed by atoms with Gasteiger partial charge >= 0.3 is 0 Å². The maximum atomic E-state index is 12.8. The maximum absolute atomic E-state index is 12.8. The van der Waals surface area contributed by atoms with E-state index in [4.69, 9.17) is 4.74 Å². The Kier molecular flexibility index (Phi) is 4.96. The van der Waals surface area contributed by atoms with Crippen LogP contribution in [0.4, 0.5) is 4.39 Å². The highest BCUT2D eigenvalue weighted by atomic mass is 19.1. The summed E-state index contributed by atoms with van der Waals surface area (Å²) < 4.78 is 17.9. The monoisotopic (exact) mass is 275 g/mol. The molecule has 0 saturated carbocycles. The van der Waals surface area contributed by atoms with Crippen molar-refractivity contribution in [3.8, 4) is 11.5 Å². The van der Waals surface area contributed by atoms with Crippen LogP contribution >= 0.6 is 0 Å². The van der Waals surface area contributed by atoms with Crippen LogP contribution in [-0.4, -0.2) is 18.8 Å². The van der Waals surface area contributed by atoms with E-state index in [0.717, 1.165) is 29.8 Å². The second kappa shape index (κ2) is 6.91. The molecule has 0 atom stereocenters. The van der Waals surface area contributed by atoms with Crippen LogP contribution in [-0.2, 0) is 13.0 Å². The highest BCUT2D eigenvalue weighted by Gasteiger charge is 2.03. The van der Waals surface area contributed by atoms with E-state index in [0.29, 0.717) is 6.54 Å². The Morgan fingerprint density at radius 2 is 1.90 bits per heavy atom. The van der Waals surface area contributed by atoms with Crippen molar-refractivity contribution in [2.45, 2.75) is 13.0 Å². The quantitative estimate of drug-likeness (QED) is 0.797. The lowest BCUT2D eigenvalue weighted by atomic mass is 10.1. The number of hydrogen-bond donors (Lipinski definition) is 2. The molecule has 0 aromatic heterocycles. The molecule has 0 radical (unpaired) electrons. The lowest BCUT2D eigenvalue weighted by Gasteiger charge is -2.09. The van der Waals surface area contributed by atoms with Gasteiger partial charge in [-0.2, -0.15) is 0 Å². The molecule has 2 N–H and O–H groups in total. The molecular weight excluding hydrogens is 257 g/mol. The van der Waals surface area contributed by atoms with Crippen LogP contribution in [0.2, 0.25) is 0 Å². The third kappa shape index (κ3) is 3.96. The number of benzene rings is 2. The number of phenolic OH excluding ortho intramolecular Hbond substituents is 1. The van der Waals surface area contributed by atoms with E-state index in [2.05, 4.69) is 5.32 Å². The van der Waals surface area contributed by atoms with Crippen LogP contribution in [0.1, 0.15) is 11.1 Å². The zero-order valence-electron chi connectivity index (χ0n) is 11.4. The Bertz CT molecular complexity index is 555. The first kappa shape index (κ1) is 14.3. The smallest absolute Gasteiger partial charge is 0.123 e. The second-order valence-corrected chi connectivity index (χ2v) is 4.55. The standard InChI is InChI=1S/C16H18FNO2/c1-20-15-6-7-16(19)13(10-15)11-18-9-8-12-2-4-14(17)5-3-12/h2-7,10,18-19H,8-9,11H2,1H3. The van der Waals surface area contributed by atoms with Gasteiger partial charge in [-0.1, -0.05) is 12.1 Å². The SMILES string of the molecule is COc1ccc(O)c(CNCCc2ccc(F)cc2)c1.